The molecule has 0 radical (unpaired) electrons. The highest BCUT2D eigenvalue weighted by atomic mass is 79.9. The summed E-state index contributed by atoms with van der Waals surface area (Å²) < 4.78 is 14.9. The van der Waals surface area contributed by atoms with Crippen LogP contribution in [0, 0.1) is 5.82 Å². The normalized spacial score (nSPS) is 10.6. The SMILES string of the molecule is Nc1cc(N)c(NCc2sccc2Br)c(F)c1Cl. The highest BCUT2D eigenvalue weighted by molar-refractivity contribution is 9.10. The third-order valence-electron chi connectivity index (χ3n) is 2.38. The Hall–Kier alpha value is -0.980. The molecule has 18 heavy (non-hydrogen) atoms. The van der Waals surface area contributed by atoms with Crippen molar-refractivity contribution in [2.45, 2.75) is 6.54 Å². The second-order valence-corrected chi connectivity index (χ2v) is 5.84. The van der Waals surface area contributed by atoms with Crippen LogP contribution in [0.5, 0.6) is 0 Å². The van der Waals surface area contributed by atoms with E-state index in [-0.39, 0.29) is 22.1 Å². The first-order valence-electron chi connectivity index (χ1n) is 4.99. The predicted octanol–water partition coefficient (Wildman–Crippen LogP) is 4.08. The fourth-order valence-electron chi connectivity index (χ4n) is 1.47. The van der Waals surface area contributed by atoms with Gasteiger partial charge in [-0.25, -0.2) is 4.39 Å². The Labute approximate surface area is 121 Å². The van der Waals surface area contributed by atoms with Crippen molar-refractivity contribution in [2.24, 2.45) is 0 Å². The van der Waals surface area contributed by atoms with Crippen molar-refractivity contribution in [3.05, 3.63) is 37.7 Å². The maximum atomic E-state index is 13.9. The van der Waals surface area contributed by atoms with Gasteiger partial charge in [0.15, 0.2) is 5.82 Å². The van der Waals surface area contributed by atoms with Gasteiger partial charge in [0.25, 0.3) is 0 Å². The molecule has 3 nitrogen and oxygen atoms in total. The molecule has 5 N–H and O–H groups in total. The standard InChI is InChI=1S/C11H10BrClFN3S/c12-5-1-2-18-8(5)4-17-11-7(16)3-6(15)9(13)10(11)14/h1-3,17H,4,15-16H2. The van der Waals surface area contributed by atoms with Gasteiger partial charge in [0.05, 0.1) is 23.6 Å². The molecule has 0 aliphatic heterocycles. The van der Waals surface area contributed by atoms with E-state index in [0.717, 1.165) is 9.35 Å². The van der Waals surface area contributed by atoms with Crippen molar-refractivity contribution in [1.82, 2.24) is 0 Å². The van der Waals surface area contributed by atoms with Gasteiger partial charge in [0.1, 0.15) is 5.02 Å². The molecule has 0 amide bonds. The smallest absolute Gasteiger partial charge is 0.169 e. The second-order valence-electron chi connectivity index (χ2n) is 3.60. The van der Waals surface area contributed by atoms with Crippen LogP contribution in [0.15, 0.2) is 22.0 Å². The number of thiophene rings is 1. The van der Waals surface area contributed by atoms with Crippen molar-refractivity contribution in [2.75, 3.05) is 16.8 Å². The quantitative estimate of drug-likeness (QED) is 0.731. The Morgan fingerprint density at radius 2 is 2.11 bits per heavy atom. The molecule has 0 unspecified atom stereocenters. The Kier molecular flexibility index (Phi) is 3.99. The van der Waals surface area contributed by atoms with Crippen LogP contribution >= 0.6 is 38.9 Å². The third kappa shape index (κ3) is 2.55. The molecule has 0 aliphatic carbocycles. The summed E-state index contributed by atoms with van der Waals surface area (Å²) in [5.74, 6) is -0.623. The minimum atomic E-state index is -0.623. The van der Waals surface area contributed by atoms with E-state index < -0.39 is 5.82 Å². The summed E-state index contributed by atoms with van der Waals surface area (Å²) in [6.07, 6.45) is 0. The van der Waals surface area contributed by atoms with Crippen LogP contribution in [0.3, 0.4) is 0 Å². The van der Waals surface area contributed by atoms with E-state index in [4.69, 9.17) is 23.1 Å². The average Bonchev–Trinajstić information content (AvgIpc) is 2.72. The lowest BCUT2D eigenvalue weighted by molar-refractivity contribution is 0.632. The topological polar surface area (TPSA) is 64.1 Å². The van der Waals surface area contributed by atoms with Crippen LogP contribution in [0.1, 0.15) is 4.88 Å². The number of benzene rings is 1. The number of halogens is 3. The van der Waals surface area contributed by atoms with Crippen LogP contribution in [-0.2, 0) is 6.54 Å². The zero-order chi connectivity index (χ0) is 13.3. The summed E-state index contributed by atoms with van der Waals surface area (Å²) in [6, 6.07) is 3.37. The Bertz CT molecular complexity index is 588. The van der Waals surface area contributed by atoms with Gasteiger partial charge in [-0.05, 0) is 33.4 Å². The van der Waals surface area contributed by atoms with E-state index in [2.05, 4.69) is 21.2 Å². The molecule has 1 aromatic carbocycles. The fourth-order valence-corrected chi connectivity index (χ4v) is 3.05. The van der Waals surface area contributed by atoms with E-state index in [1.54, 1.807) is 11.3 Å². The molecular formula is C11H10BrClFN3S. The zero-order valence-corrected chi connectivity index (χ0v) is 12.3. The van der Waals surface area contributed by atoms with E-state index >= 15 is 0 Å². The van der Waals surface area contributed by atoms with Gasteiger partial charge in [-0.2, -0.15) is 0 Å². The van der Waals surface area contributed by atoms with Gasteiger partial charge >= 0.3 is 0 Å². The molecular weight excluding hydrogens is 341 g/mol. The number of nitrogens with two attached hydrogens (primary N) is 2. The molecule has 96 valence electrons. The summed E-state index contributed by atoms with van der Waals surface area (Å²) in [7, 11) is 0. The van der Waals surface area contributed by atoms with Crippen LogP contribution in [0.2, 0.25) is 5.02 Å². The second kappa shape index (κ2) is 5.34. The van der Waals surface area contributed by atoms with E-state index in [1.165, 1.54) is 6.07 Å². The maximum absolute atomic E-state index is 13.9. The molecule has 0 aliphatic rings. The van der Waals surface area contributed by atoms with Crippen LogP contribution in [0.25, 0.3) is 0 Å². The Morgan fingerprint density at radius 1 is 1.39 bits per heavy atom. The number of nitrogens with one attached hydrogen (secondary N) is 1. The summed E-state index contributed by atoms with van der Waals surface area (Å²) in [6.45, 7) is 0.458. The highest BCUT2D eigenvalue weighted by Crippen LogP contribution is 2.34. The molecule has 7 heteroatoms. The molecule has 0 saturated heterocycles. The van der Waals surface area contributed by atoms with E-state index in [9.17, 15) is 4.39 Å². The first-order valence-corrected chi connectivity index (χ1v) is 7.04. The molecule has 2 rings (SSSR count). The maximum Gasteiger partial charge on any atom is 0.169 e. The van der Waals surface area contributed by atoms with E-state index in [0.29, 0.717) is 6.54 Å². The molecule has 0 spiro atoms. The number of rotatable bonds is 3. The Morgan fingerprint density at radius 3 is 2.72 bits per heavy atom. The third-order valence-corrected chi connectivity index (χ3v) is 4.69. The van der Waals surface area contributed by atoms with Crippen molar-refractivity contribution >= 4 is 55.9 Å². The lowest BCUT2D eigenvalue weighted by atomic mass is 10.2. The molecule has 2 aromatic rings. The fraction of sp³-hybridized carbons (Fsp3) is 0.0909. The molecule has 0 atom stereocenters. The van der Waals surface area contributed by atoms with Crippen molar-refractivity contribution in [3.63, 3.8) is 0 Å². The summed E-state index contributed by atoms with van der Waals surface area (Å²) in [5.41, 5.74) is 11.8. The Balaban J connectivity index is 2.25. The highest BCUT2D eigenvalue weighted by Gasteiger charge is 2.14. The molecule has 1 aromatic heterocycles. The van der Waals surface area contributed by atoms with Gasteiger partial charge in [-0.15, -0.1) is 11.3 Å². The monoisotopic (exact) mass is 349 g/mol. The first kappa shape index (κ1) is 13.5. The van der Waals surface area contributed by atoms with Crippen molar-refractivity contribution < 1.29 is 4.39 Å². The van der Waals surface area contributed by atoms with Gasteiger partial charge in [0, 0.05) is 9.35 Å². The lowest BCUT2D eigenvalue weighted by Gasteiger charge is -2.12. The molecule has 0 fully saturated rings. The van der Waals surface area contributed by atoms with Gasteiger partial charge in [-0.1, -0.05) is 11.6 Å². The lowest BCUT2D eigenvalue weighted by Crippen LogP contribution is -2.06. The van der Waals surface area contributed by atoms with E-state index in [1.807, 2.05) is 11.4 Å². The van der Waals surface area contributed by atoms with Crippen LogP contribution < -0.4 is 16.8 Å². The van der Waals surface area contributed by atoms with Crippen LogP contribution in [0.4, 0.5) is 21.5 Å². The summed E-state index contributed by atoms with van der Waals surface area (Å²) in [5, 5.41) is 4.76. The van der Waals surface area contributed by atoms with Gasteiger partial charge in [-0.3, -0.25) is 0 Å². The largest absolute Gasteiger partial charge is 0.397 e. The first-order chi connectivity index (χ1) is 8.50. The number of anilines is 3. The van der Waals surface area contributed by atoms with Crippen molar-refractivity contribution in [1.29, 1.82) is 0 Å². The minimum absolute atomic E-state index is 0.114. The zero-order valence-electron chi connectivity index (χ0n) is 9.14. The molecule has 1 heterocycles. The molecule has 0 saturated carbocycles. The summed E-state index contributed by atoms with van der Waals surface area (Å²) in [4.78, 5) is 1.04. The summed E-state index contributed by atoms with van der Waals surface area (Å²) >= 11 is 10.7. The predicted molar refractivity (Wildman–Crippen MR) is 79.6 cm³/mol. The number of hydrogen-bond acceptors (Lipinski definition) is 4. The average molecular weight is 351 g/mol. The van der Waals surface area contributed by atoms with Gasteiger partial charge in [0.2, 0.25) is 0 Å². The number of hydrogen-bond donors (Lipinski definition) is 3. The van der Waals surface area contributed by atoms with Crippen molar-refractivity contribution in [3.8, 4) is 0 Å². The van der Waals surface area contributed by atoms with Crippen LogP contribution in [-0.4, -0.2) is 0 Å². The van der Waals surface area contributed by atoms with Gasteiger partial charge < -0.3 is 16.8 Å². The molecule has 0 bridgehead atoms. The number of nitrogen functional groups attached to an aromatic ring is 2. The minimum Gasteiger partial charge on any atom is -0.397 e.